The average molecular weight is 251 g/mol. The largest absolute Gasteiger partial charge is 0.314 e. The van der Waals surface area contributed by atoms with Crippen molar-refractivity contribution in [2.45, 2.75) is 44.7 Å². The van der Waals surface area contributed by atoms with E-state index in [1.54, 1.807) is 0 Å². The van der Waals surface area contributed by atoms with Gasteiger partial charge >= 0.3 is 0 Å². The third-order valence-electron chi connectivity index (χ3n) is 3.66. The van der Waals surface area contributed by atoms with Crippen LogP contribution in [-0.4, -0.2) is 47.6 Å². The molecule has 0 spiro atoms. The Hall–Kier alpha value is -0.940. The summed E-state index contributed by atoms with van der Waals surface area (Å²) in [4.78, 5) is 2.22. The summed E-state index contributed by atoms with van der Waals surface area (Å²) < 4.78 is 2.14. The highest BCUT2D eigenvalue weighted by molar-refractivity contribution is 5.18. The number of nitrogens with one attached hydrogen (secondary N) is 1. The minimum absolute atomic E-state index is 0.697. The van der Waals surface area contributed by atoms with E-state index in [9.17, 15) is 0 Å². The third-order valence-corrected chi connectivity index (χ3v) is 3.66. The SMILES string of the molecule is CNCc1nnn(CCCN(C)C)c1C1CCC1. The van der Waals surface area contributed by atoms with Gasteiger partial charge in [0.2, 0.25) is 0 Å². The summed E-state index contributed by atoms with van der Waals surface area (Å²) >= 11 is 0. The fraction of sp³-hybridized carbons (Fsp3) is 0.846. The highest BCUT2D eigenvalue weighted by atomic mass is 15.4. The number of nitrogens with zero attached hydrogens (tertiary/aromatic N) is 4. The summed E-state index contributed by atoms with van der Waals surface area (Å²) in [6, 6.07) is 0. The van der Waals surface area contributed by atoms with Gasteiger partial charge in [0.1, 0.15) is 0 Å². The molecule has 0 aliphatic heterocycles. The number of hydrogen-bond donors (Lipinski definition) is 1. The first-order valence-corrected chi connectivity index (χ1v) is 6.94. The summed E-state index contributed by atoms with van der Waals surface area (Å²) in [5.74, 6) is 0.697. The molecule has 0 aromatic carbocycles. The minimum atomic E-state index is 0.697. The Morgan fingerprint density at radius 1 is 1.39 bits per heavy atom. The van der Waals surface area contributed by atoms with E-state index in [0.717, 1.165) is 31.7 Å². The molecule has 1 aliphatic rings. The van der Waals surface area contributed by atoms with Crippen molar-refractivity contribution in [1.82, 2.24) is 25.2 Å². The van der Waals surface area contributed by atoms with Crippen LogP contribution in [0.3, 0.4) is 0 Å². The molecular formula is C13H25N5. The van der Waals surface area contributed by atoms with Gasteiger partial charge in [-0.2, -0.15) is 0 Å². The number of aromatic nitrogens is 3. The molecule has 1 saturated carbocycles. The van der Waals surface area contributed by atoms with Gasteiger partial charge in [0, 0.05) is 19.0 Å². The second-order valence-electron chi connectivity index (χ2n) is 5.46. The first-order chi connectivity index (χ1) is 8.72. The van der Waals surface area contributed by atoms with Gasteiger partial charge in [0.15, 0.2) is 0 Å². The van der Waals surface area contributed by atoms with Crippen molar-refractivity contribution in [2.75, 3.05) is 27.7 Å². The molecule has 1 fully saturated rings. The van der Waals surface area contributed by atoms with E-state index in [-0.39, 0.29) is 0 Å². The molecule has 1 aromatic rings. The highest BCUT2D eigenvalue weighted by Crippen LogP contribution is 2.37. The fourth-order valence-corrected chi connectivity index (χ4v) is 2.48. The van der Waals surface area contributed by atoms with Crippen molar-refractivity contribution in [3.63, 3.8) is 0 Å². The molecule has 18 heavy (non-hydrogen) atoms. The Kier molecular flexibility index (Phi) is 4.72. The number of rotatable bonds is 7. The number of aryl methyl sites for hydroxylation is 1. The van der Waals surface area contributed by atoms with Crippen LogP contribution in [0.5, 0.6) is 0 Å². The van der Waals surface area contributed by atoms with E-state index >= 15 is 0 Å². The maximum atomic E-state index is 4.34. The molecule has 1 aliphatic carbocycles. The summed E-state index contributed by atoms with van der Waals surface area (Å²) in [7, 11) is 6.19. The molecular weight excluding hydrogens is 226 g/mol. The van der Waals surface area contributed by atoms with Crippen LogP contribution in [0.1, 0.15) is 43.0 Å². The summed E-state index contributed by atoms with van der Waals surface area (Å²) in [5, 5.41) is 11.9. The molecule has 5 nitrogen and oxygen atoms in total. The van der Waals surface area contributed by atoms with Crippen molar-refractivity contribution < 1.29 is 0 Å². The van der Waals surface area contributed by atoms with E-state index in [1.165, 1.54) is 25.0 Å². The first kappa shape index (κ1) is 13.5. The Bertz CT molecular complexity index is 367. The van der Waals surface area contributed by atoms with Gasteiger partial charge in [-0.15, -0.1) is 5.10 Å². The molecule has 0 unspecified atom stereocenters. The van der Waals surface area contributed by atoms with E-state index in [1.807, 2.05) is 7.05 Å². The molecule has 102 valence electrons. The van der Waals surface area contributed by atoms with E-state index in [4.69, 9.17) is 0 Å². The molecule has 0 saturated heterocycles. The van der Waals surface area contributed by atoms with E-state index < -0.39 is 0 Å². The van der Waals surface area contributed by atoms with Gasteiger partial charge in [0.05, 0.1) is 11.4 Å². The van der Waals surface area contributed by atoms with Gasteiger partial charge in [0.25, 0.3) is 0 Å². The first-order valence-electron chi connectivity index (χ1n) is 6.94. The molecule has 5 heteroatoms. The zero-order valence-corrected chi connectivity index (χ0v) is 11.8. The zero-order valence-electron chi connectivity index (χ0n) is 11.8. The van der Waals surface area contributed by atoms with E-state index in [0.29, 0.717) is 5.92 Å². The van der Waals surface area contributed by atoms with Crippen molar-refractivity contribution in [2.24, 2.45) is 0 Å². The molecule has 1 N–H and O–H groups in total. The molecule has 1 heterocycles. The van der Waals surface area contributed by atoms with Crippen molar-refractivity contribution >= 4 is 0 Å². The van der Waals surface area contributed by atoms with Crippen LogP contribution in [0.25, 0.3) is 0 Å². The summed E-state index contributed by atoms with van der Waals surface area (Å²) in [6.45, 7) is 2.92. The van der Waals surface area contributed by atoms with Gasteiger partial charge in [-0.1, -0.05) is 11.6 Å². The smallest absolute Gasteiger partial charge is 0.0999 e. The molecule has 0 radical (unpaired) electrons. The summed E-state index contributed by atoms with van der Waals surface area (Å²) in [5.41, 5.74) is 2.53. The van der Waals surface area contributed by atoms with Crippen LogP contribution in [-0.2, 0) is 13.1 Å². The number of hydrogen-bond acceptors (Lipinski definition) is 4. The Labute approximate surface area is 110 Å². The van der Waals surface area contributed by atoms with Crippen LogP contribution in [0, 0.1) is 0 Å². The monoisotopic (exact) mass is 251 g/mol. The Balaban J connectivity index is 2.03. The predicted octanol–water partition coefficient (Wildman–Crippen LogP) is 1.22. The lowest BCUT2D eigenvalue weighted by Crippen LogP contribution is -2.20. The van der Waals surface area contributed by atoms with Crippen LogP contribution in [0.2, 0.25) is 0 Å². The molecule has 1 aromatic heterocycles. The lowest BCUT2D eigenvalue weighted by Gasteiger charge is -2.26. The maximum Gasteiger partial charge on any atom is 0.0999 e. The van der Waals surface area contributed by atoms with Crippen LogP contribution in [0.15, 0.2) is 0 Å². The second kappa shape index (κ2) is 6.29. The van der Waals surface area contributed by atoms with E-state index in [2.05, 4.69) is 39.3 Å². The quantitative estimate of drug-likeness (QED) is 0.791. The van der Waals surface area contributed by atoms with Gasteiger partial charge < -0.3 is 10.2 Å². The van der Waals surface area contributed by atoms with Crippen LogP contribution < -0.4 is 5.32 Å². The summed E-state index contributed by atoms with van der Waals surface area (Å²) in [6.07, 6.45) is 5.09. The normalized spacial score (nSPS) is 16.2. The highest BCUT2D eigenvalue weighted by Gasteiger charge is 2.27. The maximum absolute atomic E-state index is 4.34. The molecule has 2 rings (SSSR count). The predicted molar refractivity (Wildman–Crippen MR) is 72.5 cm³/mol. The topological polar surface area (TPSA) is 46.0 Å². The van der Waals surface area contributed by atoms with Crippen LogP contribution in [0.4, 0.5) is 0 Å². The second-order valence-corrected chi connectivity index (χ2v) is 5.46. The molecule has 0 bridgehead atoms. The Morgan fingerprint density at radius 2 is 2.17 bits per heavy atom. The van der Waals surface area contributed by atoms with Crippen LogP contribution >= 0.6 is 0 Å². The van der Waals surface area contributed by atoms with Gasteiger partial charge in [-0.25, -0.2) is 4.68 Å². The van der Waals surface area contributed by atoms with Gasteiger partial charge in [-0.3, -0.25) is 0 Å². The lowest BCUT2D eigenvalue weighted by atomic mass is 9.82. The third kappa shape index (κ3) is 3.09. The minimum Gasteiger partial charge on any atom is -0.314 e. The Morgan fingerprint density at radius 3 is 2.72 bits per heavy atom. The fourth-order valence-electron chi connectivity index (χ4n) is 2.48. The lowest BCUT2D eigenvalue weighted by molar-refractivity contribution is 0.356. The van der Waals surface area contributed by atoms with Crippen molar-refractivity contribution in [1.29, 1.82) is 0 Å². The average Bonchev–Trinajstić information content (AvgIpc) is 2.61. The van der Waals surface area contributed by atoms with Crippen molar-refractivity contribution in [3.05, 3.63) is 11.4 Å². The van der Waals surface area contributed by atoms with Gasteiger partial charge in [-0.05, 0) is 47.0 Å². The van der Waals surface area contributed by atoms with Crippen molar-refractivity contribution in [3.8, 4) is 0 Å². The molecule has 0 atom stereocenters. The molecule has 0 amide bonds. The zero-order chi connectivity index (χ0) is 13.0. The standard InChI is InChI=1S/C13H25N5/c1-14-10-12-13(11-6-4-7-11)18(16-15-12)9-5-8-17(2)3/h11,14H,4-10H2,1-3H3.